The Balaban J connectivity index is 2.85. The topological polar surface area (TPSA) is 0 Å². The molecule has 104 valence electrons. The van der Waals surface area contributed by atoms with E-state index in [9.17, 15) is 0 Å². The van der Waals surface area contributed by atoms with Gasteiger partial charge in [-0.1, -0.05) is 74.3 Å². The molecule has 0 aliphatic carbocycles. The molecule has 0 aromatic rings. The maximum atomic E-state index is 2.46. The van der Waals surface area contributed by atoms with Crippen LogP contribution in [0.5, 0.6) is 0 Å². The molecule has 0 atom stereocenters. The van der Waals surface area contributed by atoms with E-state index in [1.807, 2.05) is 11.3 Å². The molecule has 0 nitrogen and oxygen atoms in total. The highest BCUT2D eigenvalue weighted by molar-refractivity contribution is 6.63. The van der Waals surface area contributed by atoms with Gasteiger partial charge >= 0.3 is 0 Å². The Morgan fingerprint density at radius 2 is 0.941 bits per heavy atom. The number of hydrogen-bond donors (Lipinski definition) is 0. The predicted octanol–water partition coefficient (Wildman–Crippen LogP) is 0.912. The summed E-state index contributed by atoms with van der Waals surface area (Å²) in [4.78, 5) is 0. The van der Waals surface area contributed by atoms with Crippen LogP contribution in [0, 0.1) is 0 Å². The zero-order valence-corrected chi connectivity index (χ0v) is 19.7. The molecule has 0 radical (unpaired) electrons. The van der Waals surface area contributed by atoms with Gasteiger partial charge in [-0.05, 0) is 0 Å². The molecule has 5 heteroatoms. The quantitative estimate of drug-likeness (QED) is 0.330. The maximum Gasteiger partial charge on any atom is 0.0166 e. The summed E-state index contributed by atoms with van der Waals surface area (Å²) in [7, 11) is 2.13. The summed E-state index contributed by atoms with van der Waals surface area (Å²) in [5.74, 6) is 0. The van der Waals surface area contributed by atoms with E-state index in [0.29, 0.717) is 47.6 Å². The summed E-state index contributed by atoms with van der Waals surface area (Å²) in [5.41, 5.74) is 3.64. The first-order chi connectivity index (χ1) is 8.41. The van der Waals surface area contributed by atoms with Crippen molar-refractivity contribution in [2.24, 2.45) is 0 Å². The Hall–Kier alpha value is 1.08. The van der Waals surface area contributed by atoms with E-state index < -0.39 is 0 Å². The van der Waals surface area contributed by atoms with Crippen LogP contribution in [-0.2, 0) is 0 Å². The van der Waals surface area contributed by atoms with Crippen LogP contribution in [0.15, 0.2) is 0 Å². The van der Waals surface area contributed by atoms with Crippen LogP contribution in [0.1, 0.15) is 25.7 Å². The molecule has 0 aromatic carbocycles. The summed E-state index contributed by atoms with van der Waals surface area (Å²) < 4.78 is 0. The van der Waals surface area contributed by atoms with Crippen LogP contribution in [0.4, 0.5) is 0 Å². The first-order valence-electron chi connectivity index (χ1n) is 8.41. The third-order valence-electron chi connectivity index (χ3n) is 3.71. The lowest BCUT2D eigenvalue weighted by atomic mass is 10.4. The zero-order chi connectivity index (χ0) is 12.6. The Bertz CT molecular complexity index is 118. The molecule has 0 N–H and O–H groups in total. The monoisotopic (exact) mass is 320 g/mol. The number of unbranched alkanes of at least 4 members (excludes halogenated alkanes) is 2. The van der Waals surface area contributed by atoms with Crippen molar-refractivity contribution < 1.29 is 0 Å². The van der Waals surface area contributed by atoms with Gasteiger partial charge in [0, 0.05) is 47.6 Å². The van der Waals surface area contributed by atoms with E-state index in [1.54, 1.807) is 49.9 Å². The van der Waals surface area contributed by atoms with E-state index in [0.717, 1.165) is 0 Å². The van der Waals surface area contributed by atoms with Crippen molar-refractivity contribution in [3.8, 4) is 0 Å². The van der Waals surface area contributed by atoms with Gasteiger partial charge in [0.25, 0.3) is 0 Å². The lowest BCUT2D eigenvalue weighted by Crippen LogP contribution is -2.02. The van der Waals surface area contributed by atoms with Gasteiger partial charge in [0.15, 0.2) is 0 Å². The van der Waals surface area contributed by atoms with Crippen LogP contribution in [0.25, 0.3) is 0 Å². The molecule has 0 heterocycles. The molecule has 0 amide bonds. The highest BCUT2D eigenvalue weighted by Gasteiger charge is 1.94. The van der Waals surface area contributed by atoms with Gasteiger partial charge in [-0.3, -0.25) is 0 Å². The molecule has 0 aliphatic heterocycles. The third-order valence-corrected chi connectivity index (χ3v) is 16.1. The molecule has 0 bridgehead atoms. The highest BCUT2D eigenvalue weighted by atomic mass is 28.3. The second-order valence-corrected chi connectivity index (χ2v) is 18.2. The molecule has 0 unspecified atom stereocenters. The first-order valence-corrected chi connectivity index (χ1v) is 19.2. The molecule has 0 saturated carbocycles. The normalized spacial score (nSPS) is 14.5. The van der Waals surface area contributed by atoms with Crippen LogP contribution in [0.3, 0.4) is 0 Å². The van der Waals surface area contributed by atoms with Crippen molar-refractivity contribution in [2.75, 3.05) is 0 Å². The summed E-state index contributed by atoms with van der Waals surface area (Å²) in [5, 5.41) is 0. The zero-order valence-electron chi connectivity index (χ0n) is 12.6. The molecular weight excluding hydrogens is 285 g/mol. The van der Waals surface area contributed by atoms with Crippen molar-refractivity contribution >= 4 is 47.6 Å². The van der Waals surface area contributed by atoms with Crippen LogP contribution in [0.2, 0.25) is 48.6 Å². The van der Waals surface area contributed by atoms with E-state index in [1.165, 1.54) is 0 Å². The van der Waals surface area contributed by atoms with Gasteiger partial charge in [0.1, 0.15) is 0 Å². The van der Waals surface area contributed by atoms with Crippen LogP contribution in [-0.4, -0.2) is 47.6 Å². The summed E-state index contributed by atoms with van der Waals surface area (Å²) >= 11 is 0. The average molecular weight is 321 g/mol. The Morgan fingerprint density at radius 1 is 0.529 bits per heavy atom. The summed E-state index contributed by atoms with van der Waals surface area (Å²) in [6.07, 6.45) is 6.40. The minimum atomic E-state index is 0.386. The Kier molecular flexibility index (Phi) is 18.2. The highest BCUT2D eigenvalue weighted by Crippen LogP contribution is 2.03. The second-order valence-electron chi connectivity index (χ2n) is 5.60. The van der Waals surface area contributed by atoms with E-state index >= 15 is 0 Å². The van der Waals surface area contributed by atoms with Crippen molar-refractivity contribution in [2.45, 2.75) is 74.3 Å². The molecule has 17 heavy (non-hydrogen) atoms. The van der Waals surface area contributed by atoms with Gasteiger partial charge in [-0.15, -0.1) is 0 Å². The van der Waals surface area contributed by atoms with Crippen LogP contribution < -0.4 is 0 Å². The van der Waals surface area contributed by atoms with Gasteiger partial charge in [-0.2, -0.15) is 0 Å². The van der Waals surface area contributed by atoms with Crippen molar-refractivity contribution in [3.05, 3.63) is 0 Å². The maximum absolute atomic E-state index is 2.46. The fourth-order valence-corrected chi connectivity index (χ4v) is 15.8. The minimum absolute atomic E-state index is 0.386. The molecule has 0 fully saturated rings. The molecule has 0 rings (SSSR count). The largest absolute Gasteiger partial charge is 0.0748 e. The lowest BCUT2D eigenvalue weighted by Gasteiger charge is -2.01. The predicted molar refractivity (Wildman–Crippen MR) is 102 cm³/mol. The SMILES string of the molecule is C[SiH2]CCCC[SiH2]C[SiH2]C[SiH2]CCCC[SiH2]C. The first kappa shape index (κ1) is 18.1. The fourth-order valence-electron chi connectivity index (χ4n) is 2.44. The van der Waals surface area contributed by atoms with Crippen molar-refractivity contribution in [1.82, 2.24) is 0 Å². The van der Waals surface area contributed by atoms with Crippen LogP contribution >= 0.6 is 0 Å². The fraction of sp³-hybridized carbons (Fsp3) is 1.00. The summed E-state index contributed by atoms with van der Waals surface area (Å²) in [6, 6.07) is 6.65. The molecule has 0 aliphatic rings. The average Bonchev–Trinajstić information content (AvgIpc) is 2.35. The minimum Gasteiger partial charge on any atom is -0.0748 e. The van der Waals surface area contributed by atoms with Crippen molar-refractivity contribution in [3.63, 3.8) is 0 Å². The van der Waals surface area contributed by atoms with Gasteiger partial charge in [-0.25, -0.2) is 0 Å². The van der Waals surface area contributed by atoms with Gasteiger partial charge in [0.05, 0.1) is 0 Å². The van der Waals surface area contributed by atoms with Crippen molar-refractivity contribution in [1.29, 1.82) is 0 Å². The van der Waals surface area contributed by atoms with E-state index in [-0.39, 0.29) is 0 Å². The van der Waals surface area contributed by atoms with Gasteiger partial charge in [0.2, 0.25) is 0 Å². The Labute approximate surface area is 122 Å². The molecule has 0 aromatic heterocycles. The number of rotatable bonds is 14. The molecular formula is C12H36Si5. The van der Waals surface area contributed by atoms with Gasteiger partial charge < -0.3 is 0 Å². The lowest BCUT2D eigenvalue weighted by molar-refractivity contribution is 0.873. The third kappa shape index (κ3) is 17.1. The van der Waals surface area contributed by atoms with E-state index in [4.69, 9.17) is 0 Å². The Morgan fingerprint density at radius 3 is 1.35 bits per heavy atom. The van der Waals surface area contributed by atoms with E-state index in [2.05, 4.69) is 13.1 Å². The standard InChI is InChI=1S/C12H36Si5/c1-13-7-3-5-9-15-11-17-12-16-10-6-4-8-14-2/h3-17H2,1-2H3. The summed E-state index contributed by atoms with van der Waals surface area (Å²) in [6.45, 7) is 4.91. The smallest absolute Gasteiger partial charge is 0.0166 e. The second kappa shape index (κ2) is 17.1. The molecule has 0 spiro atoms. The molecule has 0 saturated heterocycles. The number of hydrogen-bond acceptors (Lipinski definition) is 0.